The van der Waals surface area contributed by atoms with E-state index in [4.69, 9.17) is 9.31 Å². The maximum atomic E-state index is 6.03. The minimum atomic E-state index is -0.217. The molecule has 0 amide bonds. The number of hydrogen-bond acceptors (Lipinski definition) is 4. The van der Waals surface area contributed by atoms with Crippen molar-refractivity contribution < 1.29 is 9.31 Å². The topological polar surface area (TPSA) is 34.1 Å². The molecule has 0 spiro atoms. The normalized spacial score (nSPS) is 23.6. The minimum Gasteiger partial charge on any atom is -0.408 e. The summed E-state index contributed by atoms with van der Waals surface area (Å²) in [5.74, 6) is 0. The average molecular weight is 292 g/mol. The molecule has 1 unspecified atom stereocenters. The van der Waals surface area contributed by atoms with E-state index in [1.54, 1.807) is 6.08 Å². The Morgan fingerprint density at radius 1 is 1.48 bits per heavy atom. The molecular weight excluding hydrogens is 263 g/mol. The third-order valence-corrected chi connectivity index (χ3v) is 3.33. The molecule has 118 valence electrons. The van der Waals surface area contributed by atoms with Crippen LogP contribution in [0.5, 0.6) is 0 Å². The Morgan fingerprint density at radius 3 is 2.81 bits per heavy atom. The second-order valence-corrected chi connectivity index (χ2v) is 6.47. The Labute approximate surface area is 130 Å². The molecule has 1 heterocycles. The molecule has 1 fully saturated rings. The highest BCUT2D eigenvalue weighted by Crippen LogP contribution is 2.25. The fourth-order valence-electron chi connectivity index (χ4n) is 2.28. The van der Waals surface area contributed by atoms with Gasteiger partial charge in [-0.3, -0.25) is 4.99 Å². The molecule has 0 N–H and O–H groups in total. The van der Waals surface area contributed by atoms with E-state index in [2.05, 4.69) is 37.2 Å². The molecule has 1 rings (SSSR count). The highest BCUT2D eigenvalue weighted by atomic mass is 16.6. The first-order valence-corrected chi connectivity index (χ1v) is 7.64. The van der Waals surface area contributed by atoms with Gasteiger partial charge in [-0.1, -0.05) is 12.7 Å². The van der Waals surface area contributed by atoms with Crippen molar-refractivity contribution in [2.45, 2.75) is 51.6 Å². The second-order valence-electron chi connectivity index (χ2n) is 6.47. The van der Waals surface area contributed by atoms with Gasteiger partial charge in [-0.2, -0.15) is 0 Å². The van der Waals surface area contributed by atoms with Crippen LogP contribution in [0.3, 0.4) is 0 Å². The molecule has 0 aromatic rings. The lowest BCUT2D eigenvalue weighted by Gasteiger charge is -2.25. The number of hydrogen-bond donors (Lipinski definition) is 0. The zero-order valence-electron chi connectivity index (χ0n) is 14.1. The van der Waals surface area contributed by atoms with E-state index in [-0.39, 0.29) is 18.8 Å². The predicted molar refractivity (Wildman–Crippen MR) is 90.8 cm³/mol. The van der Waals surface area contributed by atoms with Gasteiger partial charge in [0.25, 0.3) is 0 Å². The molecule has 0 radical (unpaired) electrons. The maximum Gasteiger partial charge on any atom is 0.463 e. The third kappa shape index (κ3) is 7.60. The summed E-state index contributed by atoms with van der Waals surface area (Å²) in [4.78, 5) is 6.59. The summed E-state index contributed by atoms with van der Waals surface area (Å²) in [6, 6.07) is 0. The monoisotopic (exact) mass is 292 g/mol. The molecule has 0 aromatic heterocycles. The molecule has 1 aliphatic rings. The number of aliphatic imine (C=N–C) groups is 1. The summed E-state index contributed by atoms with van der Waals surface area (Å²) >= 11 is 0. The van der Waals surface area contributed by atoms with E-state index in [1.807, 2.05) is 26.4 Å². The Bertz CT molecular complexity index is 392. The van der Waals surface area contributed by atoms with E-state index in [9.17, 15) is 0 Å². The Kier molecular flexibility index (Phi) is 7.36. The zero-order chi connectivity index (χ0) is 15.9. The number of allylic oxidation sites excluding steroid dienone is 2. The van der Waals surface area contributed by atoms with Crippen LogP contribution >= 0.6 is 0 Å². The van der Waals surface area contributed by atoms with Gasteiger partial charge in [0, 0.05) is 30.8 Å². The Hall–Kier alpha value is -0.905. The van der Waals surface area contributed by atoms with Crippen molar-refractivity contribution in [3.63, 3.8) is 0 Å². The fourth-order valence-corrected chi connectivity index (χ4v) is 2.28. The molecule has 4 nitrogen and oxygen atoms in total. The lowest BCUT2D eigenvalue weighted by atomic mass is 9.84. The summed E-state index contributed by atoms with van der Waals surface area (Å²) in [5.41, 5.74) is 0.850. The van der Waals surface area contributed by atoms with E-state index < -0.39 is 0 Å². The lowest BCUT2D eigenvalue weighted by molar-refractivity contribution is 0.0837. The fraction of sp³-hybridized carbons (Fsp3) is 0.688. The van der Waals surface area contributed by atoms with Crippen molar-refractivity contribution in [3.05, 3.63) is 24.4 Å². The van der Waals surface area contributed by atoms with Crippen LogP contribution in [-0.2, 0) is 9.31 Å². The second kappa shape index (κ2) is 8.52. The van der Waals surface area contributed by atoms with Crippen LogP contribution in [0.2, 0.25) is 6.32 Å². The van der Waals surface area contributed by atoms with Crippen LogP contribution in [0.25, 0.3) is 0 Å². The van der Waals surface area contributed by atoms with Crippen molar-refractivity contribution in [2.75, 3.05) is 20.6 Å². The first-order valence-electron chi connectivity index (χ1n) is 7.64. The van der Waals surface area contributed by atoms with Crippen LogP contribution in [0.4, 0.5) is 0 Å². The summed E-state index contributed by atoms with van der Waals surface area (Å²) in [5, 5.41) is 0. The number of nitrogens with zero attached hydrogens (tertiary/aromatic N) is 2. The molecular formula is C16H29BN2O2. The van der Waals surface area contributed by atoms with Gasteiger partial charge in [-0.15, -0.1) is 0 Å². The highest BCUT2D eigenvalue weighted by Gasteiger charge is 2.33. The predicted octanol–water partition coefficient (Wildman–Crippen LogP) is 3.17. The van der Waals surface area contributed by atoms with Gasteiger partial charge in [0.2, 0.25) is 0 Å². The molecule has 1 atom stereocenters. The van der Waals surface area contributed by atoms with Gasteiger partial charge in [-0.25, -0.2) is 0 Å². The molecule has 1 saturated heterocycles. The van der Waals surface area contributed by atoms with Crippen LogP contribution in [-0.4, -0.2) is 50.6 Å². The first-order chi connectivity index (χ1) is 9.82. The largest absolute Gasteiger partial charge is 0.463 e. The van der Waals surface area contributed by atoms with Crippen molar-refractivity contribution in [1.82, 2.24) is 4.90 Å². The number of likely N-dealkylation sites (N-methyl/N-ethyl adjacent to an activating group) is 1. The lowest BCUT2D eigenvalue weighted by Crippen LogP contribution is -2.33. The van der Waals surface area contributed by atoms with Gasteiger partial charge in [0.1, 0.15) is 0 Å². The SMILES string of the molecule is C=C/C=C(CN(C)C)\N=C/CB1OC(C)CCC(C)(C)O1. The summed E-state index contributed by atoms with van der Waals surface area (Å²) < 4.78 is 11.9. The molecule has 0 saturated carbocycles. The van der Waals surface area contributed by atoms with E-state index >= 15 is 0 Å². The minimum absolute atomic E-state index is 0.132. The van der Waals surface area contributed by atoms with E-state index in [1.165, 1.54) is 0 Å². The summed E-state index contributed by atoms with van der Waals surface area (Å²) in [6.45, 7) is 10.9. The molecule has 21 heavy (non-hydrogen) atoms. The van der Waals surface area contributed by atoms with E-state index in [0.717, 1.165) is 25.1 Å². The van der Waals surface area contributed by atoms with Crippen molar-refractivity contribution >= 4 is 13.3 Å². The quantitative estimate of drug-likeness (QED) is 0.428. The summed E-state index contributed by atoms with van der Waals surface area (Å²) in [7, 11) is 3.83. The van der Waals surface area contributed by atoms with Crippen LogP contribution in [0, 0.1) is 0 Å². The van der Waals surface area contributed by atoms with Crippen LogP contribution in [0.15, 0.2) is 29.4 Å². The summed E-state index contributed by atoms with van der Waals surface area (Å²) in [6.07, 6.45) is 8.52. The number of rotatable bonds is 6. The smallest absolute Gasteiger partial charge is 0.408 e. The molecule has 0 aromatic carbocycles. The Morgan fingerprint density at radius 2 is 2.19 bits per heavy atom. The van der Waals surface area contributed by atoms with Gasteiger partial charge in [0.15, 0.2) is 0 Å². The van der Waals surface area contributed by atoms with Crippen LogP contribution in [0.1, 0.15) is 33.6 Å². The van der Waals surface area contributed by atoms with Gasteiger partial charge in [0.05, 0.1) is 5.70 Å². The van der Waals surface area contributed by atoms with Gasteiger partial charge >= 0.3 is 7.12 Å². The van der Waals surface area contributed by atoms with Gasteiger partial charge in [-0.05, 0) is 53.8 Å². The molecule has 0 bridgehead atoms. The average Bonchev–Trinajstić information content (AvgIpc) is 2.47. The third-order valence-electron chi connectivity index (χ3n) is 3.33. The van der Waals surface area contributed by atoms with E-state index in [0.29, 0.717) is 6.32 Å². The zero-order valence-corrected chi connectivity index (χ0v) is 14.1. The molecule has 1 aliphatic heterocycles. The Balaban J connectivity index is 2.60. The molecule has 5 heteroatoms. The molecule has 0 aliphatic carbocycles. The van der Waals surface area contributed by atoms with Crippen molar-refractivity contribution in [3.8, 4) is 0 Å². The standard InChI is InChI=1S/C16H29BN2O2/c1-7-8-15(13-19(5)6)18-12-11-17-20-14(2)9-10-16(3,4)21-17/h7-8,12,14H,1,9-11,13H2,2-6H3/b15-8-,18-12-. The van der Waals surface area contributed by atoms with Gasteiger partial charge < -0.3 is 14.2 Å². The van der Waals surface area contributed by atoms with Crippen molar-refractivity contribution in [2.24, 2.45) is 4.99 Å². The van der Waals surface area contributed by atoms with Crippen molar-refractivity contribution in [1.29, 1.82) is 0 Å². The maximum absolute atomic E-state index is 6.03. The van der Waals surface area contributed by atoms with Crippen LogP contribution < -0.4 is 0 Å². The first kappa shape index (κ1) is 18.1. The highest BCUT2D eigenvalue weighted by molar-refractivity contribution is 6.48.